The maximum Gasteiger partial charge on any atom is 0.252 e. The highest BCUT2D eigenvalue weighted by Crippen LogP contribution is 2.35. The van der Waals surface area contributed by atoms with E-state index < -0.39 is 5.83 Å². The summed E-state index contributed by atoms with van der Waals surface area (Å²) in [5.41, 5.74) is 1.66. The summed E-state index contributed by atoms with van der Waals surface area (Å²) in [5, 5.41) is 0. The highest BCUT2D eigenvalue weighted by Gasteiger charge is 2.38. The van der Waals surface area contributed by atoms with Gasteiger partial charge in [-0.1, -0.05) is 24.0 Å². The zero-order valence-electron chi connectivity index (χ0n) is 11.5. The first kappa shape index (κ1) is 13.6. The summed E-state index contributed by atoms with van der Waals surface area (Å²) in [6, 6.07) is 5.61. The number of rotatable bonds is 2. The number of amides is 1. The average Bonchev–Trinajstić information content (AvgIpc) is 2.62. The van der Waals surface area contributed by atoms with Crippen LogP contribution in [-0.4, -0.2) is 16.8 Å². The maximum absolute atomic E-state index is 14.1. The van der Waals surface area contributed by atoms with E-state index in [1.165, 1.54) is 18.2 Å². The van der Waals surface area contributed by atoms with E-state index in [4.69, 9.17) is 0 Å². The van der Waals surface area contributed by atoms with Crippen LogP contribution in [0, 0.1) is 17.7 Å². The lowest BCUT2D eigenvalue weighted by Crippen LogP contribution is -2.33. The second-order valence-corrected chi connectivity index (χ2v) is 5.12. The first-order valence-electron chi connectivity index (χ1n) is 6.71. The van der Waals surface area contributed by atoms with Crippen molar-refractivity contribution in [2.24, 2.45) is 0 Å². The summed E-state index contributed by atoms with van der Waals surface area (Å²) in [5.74, 6) is 4.42. The van der Waals surface area contributed by atoms with Crippen LogP contribution in [0.3, 0.4) is 0 Å². The zero-order chi connectivity index (χ0) is 15.0. The molecule has 2 aliphatic rings. The van der Waals surface area contributed by atoms with Gasteiger partial charge in [0.15, 0.2) is 0 Å². The van der Waals surface area contributed by atoms with Crippen molar-refractivity contribution in [1.29, 1.82) is 0 Å². The van der Waals surface area contributed by atoms with Gasteiger partial charge in [0, 0.05) is 30.2 Å². The predicted octanol–water partition coefficient (Wildman–Crippen LogP) is 3.11. The molecule has 1 aromatic carbocycles. The Hall–Kier alpha value is -2.41. The van der Waals surface area contributed by atoms with Gasteiger partial charge in [0.25, 0.3) is 5.91 Å². The summed E-state index contributed by atoms with van der Waals surface area (Å²) >= 11 is 0. The van der Waals surface area contributed by atoms with Crippen LogP contribution < -0.4 is 0 Å². The van der Waals surface area contributed by atoms with E-state index >= 15 is 0 Å². The molecule has 3 rings (SSSR count). The van der Waals surface area contributed by atoms with Crippen molar-refractivity contribution in [3.05, 3.63) is 58.7 Å². The molecule has 1 aliphatic carbocycles. The molecule has 1 amide bonds. The summed E-state index contributed by atoms with van der Waals surface area (Å²) < 4.78 is 27.0. The molecule has 0 radical (unpaired) electrons. The molecule has 0 fully saturated rings. The number of hydrogen-bond donors (Lipinski definition) is 0. The van der Waals surface area contributed by atoms with Gasteiger partial charge in [-0.25, -0.2) is 8.78 Å². The van der Waals surface area contributed by atoms with Gasteiger partial charge in [0.1, 0.15) is 11.6 Å². The Labute approximate surface area is 121 Å². The van der Waals surface area contributed by atoms with Crippen LogP contribution in [-0.2, 0) is 11.3 Å². The molecule has 1 atom stereocenters. The minimum Gasteiger partial charge on any atom is -0.328 e. The van der Waals surface area contributed by atoms with E-state index in [-0.39, 0.29) is 24.2 Å². The molecule has 1 heterocycles. The van der Waals surface area contributed by atoms with E-state index in [2.05, 4.69) is 11.8 Å². The molecule has 0 unspecified atom stereocenters. The molecular weight excluding hydrogens is 272 g/mol. The van der Waals surface area contributed by atoms with E-state index in [9.17, 15) is 13.6 Å². The van der Waals surface area contributed by atoms with Crippen molar-refractivity contribution in [2.45, 2.75) is 25.9 Å². The molecular formula is C17H13F2NO. The molecule has 0 aromatic heterocycles. The Morgan fingerprint density at radius 1 is 1.29 bits per heavy atom. The van der Waals surface area contributed by atoms with Crippen LogP contribution in [0.25, 0.3) is 0 Å². The van der Waals surface area contributed by atoms with E-state index in [1.54, 1.807) is 24.0 Å². The van der Waals surface area contributed by atoms with Gasteiger partial charge in [-0.15, -0.1) is 0 Å². The van der Waals surface area contributed by atoms with Gasteiger partial charge in [0.2, 0.25) is 0 Å². The largest absolute Gasteiger partial charge is 0.328 e. The predicted molar refractivity (Wildman–Crippen MR) is 75.0 cm³/mol. The third kappa shape index (κ3) is 2.36. The van der Waals surface area contributed by atoms with Crippen LogP contribution in [0.2, 0.25) is 0 Å². The van der Waals surface area contributed by atoms with Crippen molar-refractivity contribution in [1.82, 2.24) is 4.90 Å². The topological polar surface area (TPSA) is 20.3 Å². The number of carbonyl (C=O) groups excluding carboxylic acids is 1. The second kappa shape index (κ2) is 5.17. The number of nitrogens with zero attached hydrogens (tertiary/aromatic N) is 1. The Morgan fingerprint density at radius 2 is 2.00 bits per heavy atom. The minimum absolute atomic E-state index is 0.193. The van der Waals surface area contributed by atoms with Crippen LogP contribution in [0.1, 0.15) is 18.9 Å². The Bertz CT molecular complexity index is 719. The van der Waals surface area contributed by atoms with E-state index in [0.717, 1.165) is 5.56 Å². The number of halogens is 2. The summed E-state index contributed by atoms with van der Waals surface area (Å²) in [6.07, 6.45) is 1.48. The third-order valence-electron chi connectivity index (χ3n) is 3.82. The fraction of sp³-hybridized carbons (Fsp3) is 0.235. The first-order valence-corrected chi connectivity index (χ1v) is 6.71. The molecule has 0 spiro atoms. The fourth-order valence-corrected chi connectivity index (χ4v) is 2.71. The van der Waals surface area contributed by atoms with Crippen molar-refractivity contribution in [3.8, 4) is 11.8 Å². The molecule has 0 saturated heterocycles. The van der Waals surface area contributed by atoms with E-state index in [0.29, 0.717) is 17.7 Å². The first-order chi connectivity index (χ1) is 10.1. The molecule has 0 N–H and O–H groups in total. The number of carbonyl (C=O) groups is 1. The molecule has 106 valence electrons. The fourth-order valence-electron chi connectivity index (χ4n) is 2.71. The lowest BCUT2D eigenvalue weighted by Gasteiger charge is -2.23. The molecule has 0 saturated carbocycles. The maximum atomic E-state index is 14.1. The van der Waals surface area contributed by atoms with Crippen LogP contribution in [0.15, 0.2) is 47.3 Å². The van der Waals surface area contributed by atoms with Gasteiger partial charge in [-0.05, 0) is 24.6 Å². The molecule has 2 nitrogen and oxygen atoms in total. The van der Waals surface area contributed by atoms with Crippen LogP contribution >= 0.6 is 0 Å². The van der Waals surface area contributed by atoms with E-state index in [1.807, 2.05) is 0 Å². The highest BCUT2D eigenvalue weighted by atomic mass is 19.1. The summed E-state index contributed by atoms with van der Waals surface area (Å²) in [4.78, 5) is 14.0. The second-order valence-electron chi connectivity index (χ2n) is 5.12. The number of allylic oxidation sites excluding steroid dienone is 1. The Morgan fingerprint density at radius 3 is 2.71 bits per heavy atom. The summed E-state index contributed by atoms with van der Waals surface area (Å²) in [6.45, 7) is 2.12. The number of benzene rings is 1. The highest BCUT2D eigenvalue weighted by molar-refractivity contribution is 5.99. The lowest BCUT2D eigenvalue weighted by molar-refractivity contribution is -0.127. The van der Waals surface area contributed by atoms with Crippen molar-refractivity contribution < 1.29 is 13.6 Å². The number of hydrogen-bond acceptors (Lipinski definition) is 1. The lowest BCUT2D eigenvalue weighted by atomic mass is 10.0. The quantitative estimate of drug-likeness (QED) is 0.765. The van der Waals surface area contributed by atoms with Crippen molar-refractivity contribution in [3.63, 3.8) is 0 Å². The van der Waals surface area contributed by atoms with Crippen LogP contribution in [0.4, 0.5) is 8.78 Å². The summed E-state index contributed by atoms with van der Waals surface area (Å²) in [7, 11) is 0. The van der Waals surface area contributed by atoms with Crippen LogP contribution in [0.5, 0.6) is 0 Å². The van der Waals surface area contributed by atoms with Crippen molar-refractivity contribution >= 4 is 5.91 Å². The average molecular weight is 285 g/mol. The van der Waals surface area contributed by atoms with Gasteiger partial charge < -0.3 is 4.90 Å². The molecule has 1 aromatic rings. The monoisotopic (exact) mass is 285 g/mol. The van der Waals surface area contributed by atoms with Gasteiger partial charge in [0.05, 0.1) is 6.04 Å². The smallest absolute Gasteiger partial charge is 0.252 e. The SMILES string of the molecule is C[C@@H]1C2=C(CC#CC=C2F)C(=O)N1Cc1ccc(F)cc1. The zero-order valence-corrected chi connectivity index (χ0v) is 11.5. The Kier molecular flexibility index (Phi) is 3.34. The third-order valence-corrected chi connectivity index (χ3v) is 3.82. The minimum atomic E-state index is -0.433. The molecule has 0 bridgehead atoms. The van der Waals surface area contributed by atoms with Gasteiger partial charge >= 0.3 is 0 Å². The van der Waals surface area contributed by atoms with Crippen molar-refractivity contribution in [2.75, 3.05) is 0 Å². The molecule has 4 heteroatoms. The normalized spacial score (nSPS) is 20.7. The van der Waals surface area contributed by atoms with Gasteiger partial charge in [-0.3, -0.25) is 4.79 Å². The molecule has 1 aliphatic heterocycles. The standard InChI is InChI=1S/C17H13F2NO/c1-11-16-14(4-2-3-5-15(16)19)17(21)20(11)10-12-6-8-13(18)9-7-12/h5-9,11H,4,10H2,1H3/t11-/m1/s1. The molecule has 21 heavy (non-hydrogen) atoms. The Balaban J connectivity index is 1.88. The van der Waals surface area contributed by atoms with Gasteiger partial charge in [-0.2, -0.15) is 0 Å².